The number of aliphatic carboxylic acids is 1. The van der Waals surface area contributed by atoms with Gasteiger partial charge in [-0.3, -0.25) is 14.5 Å². The molecule has 2 aliphatic rings. The fraction of sp³-hybridized carbons (Fsp3) is 0.500. The molecule has 2 saturated heterocycles. The first-order chi connectivity index (χ1) is 12.5. The van der Waals surface area contributed by atoms with Crippen LogP contribution in [-0.4, -0.2) is 61.2 Å². The average Bonchev–Trinajstić information content (AvgIpc) is 3.06. The fourth-order valence-corrected chi connectivity index (χ4v) is 3.51. The summed E-state index contributed by atoms with van der Waals surface area (Å²) in [7, 11) is 1.53. The Morgan fingerprint density at radius 2 is 2.00 bits per heavy atom. The quantitative estimate of drug-likeness (QED) is 0.829. The van der Waals surface area contributed by atoms with Crippen molar-refractivity contribution in [2.75, 3.05) is 38.2 Å². The van der Waals surface area contributed by atoms with Gasteiger partial charge in [-0.1, -0.05) is 0 Å². The van der Waals surface area contributed by atoms with Gasteiger partial charge in [-0.15, -0.1) is 0 Å². The number of carbonyl (C=O) groups is 3. The zero-order valence-electron chi connectivity index (χ0n) is 14.7. The van der Waals surface area contributed by atoms with Gasteiger partial charge in [0.1, 0.15) is 5.75 Å². The van der Waals surface area contributed by atoms with Crippen LogP contribution in [0.15, 0.2) is 18.2 Å². The first-order valence-electron chi connectivity index (χ1n) is 8.74. The number of carbonyl (C=O) groups excluding carboxylic acids is 2. The summed E-state index contributed by atoms with van der Waals surface area (Å²) in [6, 6.07) is 4.88. The van der Waals surface area contributed by atoms with Crippen molar-refractivity contribution >= 4 is 23.6 Å². The summed E-state index contributed by atoms with van der Waals surface area (Å²) >= 11 is 0. The maximum atomic E-state index is 12.8. The van der Waals surface area contributed by atoms with Crippen LogP contribution in [0.2, 0.25) is 0 Å². The molecule has 0 aliphatic carbocycles. The van der Waals surface area contributed by atoms with Crippen LogP contribution in [-0.2, 0) is 4.79 Å². The second-order valence-corrected chi connectivity index (χ2v) is 6.60. The number of carboxylic acids is 1. The third kappa shape index (κ3) is 3.74. The van der Waals surface area contributed by atoms with Crippen molar-refractivity contribution in [1.29, 1.82) is 0 Å². The lowest BCUT2D eigenvalue weighted by molar-refractivity contribution is -0.138. The standard InChI is InChI=1S/C18H23N3O5/c1-26-15-3-2-13(11-14(15)21-9-6-19-18(21)25)17(24)20-7-4-12(5-8-20)10-16(22)23/h2-3,11-12H,4-10H2,1H3,(H,19,25)(H,22,23). The van der Waals surface area contributed by atoms with Gasteiger partial charge < -0.3 is 20.1 Å². The van der Waals surface area contributed by atoms with Crippen LogP contribution < -0.4 is 15.0 Å². The molecular formula is C18H23N3O5. The molecule has 0 saturated carbocycles. The van der Waals surface area contributed by atoms with E-state index in [9.17, 15) is 14.4 Å². The molecule has 8 nitrogen and oxygen atoms in total. The summed E-state index contributed by atoms with van der Waals surface area (Å²) in [6.07, 6.45) is 1.53. The smallest absolute Gasteiger partial charge is 0.322 e. The molecule has 140 valence electrons. The molecule has 1 aromatic carbocycles. The summed E-state index contributed by atoms with van der Waals surface area (Å²) in [5.41, 5.74) is 1.08. The van der Waals surface area contributed by atoms with Crippen molar-refractivity contribution in [1.82, 2.24) is 10.2 Å². The Balaban J connectivity index is 1.74. The number of amides is 3. The van der Waals surface area contributed by atoms with E-state index in [1.807, 2.05) is 0 Å². The summed E-state index contributed by atoms with van der Waals surface area (Å²) in [6.45, 7) is 2.16. The molecule has 2 heterocycles. The second-order valence-electron chi connectivity index (χ2n) is 6.60. The maximum Gasteiger partial charge on any atom is 0.322 e. The van der Waals surface area contributed by atoms with Crippen LogP contribution in [0.1, 0.15) is 29.6 Å². The Morgan fingerprint density at radius 3 is 2.58 bits per heavy atom. The van der Waals surface area contributed by atoms with E-state index in [2.05, 4.69) is 5.32 Å². The number of benzene rings is 1. The molecule has 2 N–H and O–H groups in total. The van der Waals surface area contributed by atoms with Crippen LogP contribution in [0, 0.1) is 5.92 Å². The molecule has 0 unspecified atom stereocenters. The number of carboxylic acid groups (broad SMARTS) is 1. The predicted octanol–water partition coefficient (Wildman–Crippen LogP) is 1.55. The number of nitrogens with one attached hydrogen (secondary N) is 1. The molecular weight excluding hydrogens is 338 g/mol. The van der Waals surface area contributed by atoms with Gasteiger partial charge in [0.15, 0.2) is 0 Å². The van der Waals surface area contributed by atoms with Crippen molar-refractivity contribution in [2.45, 2.75) is 19.3 Å². The number of methoxy groups -OCH3 is 1. The van der Waals surface area contributed by atoms with E-state index in [1.54, 1.807) is 28.0 Å². The van der Waals surface area contributed by atoms with Crippen LogP contribution in [0.4, 0.5) is 10.5 Å². The number of anilines is 1. The highest BCUT2D eigenvalue weighted by Crippen LogP contribution is 2.31. The zero-order chi connectivity index (χ0) is 18.7. The largest absolute Gasteiger partial charge is 0.495 e. The van der Waals surface area contributed by atoms with Gasteiger partial charge in [-0.25, -0.2) is 4.79 Å². The number of hydrogen-bond donors (Lipinski definition) is 2. The summed E-state index contributed by atoms with van der Waals surface area (Å²) in [5, 5.41) is 11.6. The minimum Gasteiger partial charge on any atom is -0.495 e. The van der Waals surface area contributed by atoms with E-state index >= 15 is 0 Å². The maximum absolute atomic E-state index is 12.8. The SMILES string of the molecule is COc1ccc(C(=O)N2CCC(CC(=O)O)CC2)cc1N1CCNC1=O. The topological polar surface area (TPSA) is 99.2 Å². The van der Waals surface area contributed by atoms with Gasteiger partial charge in [0.05, 0.1) is 12.8 Å². The molecule has 0 bridgehead atoms. The normalized spacial score (nSPS) is 18.0. The summed E-state index contributed by atoms with van der Waals surface area (Å²) in [4.78, 5) is 38.9. The highest BCUT2D eigenvalue weighted by atomic mass is 16.5. The number of rotatable bonds is 5. The molecule has 8 heteroatoms. The van der Waals surface area contributed by atoms with E-state index < -0.39 is 5.97 Å². The number of nitrogens with zero attached hydrogens (tertiary/aromatic N) is 2. The molecule has 0 spiro atoms. The Morgan fingerprint density at radius 1 is 1.27 bits per heavy atom. The van der Waals surface area contributed by atoms with Crippen molar-refractivity contribution in [3.8, 4) is 5.75 Å². The average molecular weight is 361 g/mol. The Labute approximate surface area is 151 Å². The lowest BCUT2D eigenvalue weighted by Gasteiger charge is -2.31. The van der Waals surface area contributed by atoms with Gasteiger partial charge in [0, 0.05) is 38.2 Å². The molecule has 3 amide bonds. The summed E-state index contributed by atoms with van der Waals surface area (Å²) < 4.78 is 5.34. The van der Waals surface area contributed by atoms with Crippen LogP contribution in [0.5, 0.6) is 5.75 Å². The fourth-order valence-electron chi connectivity index (χ4n) is 3.51. The molecule has 2 aliphatic heterocycles. The van der Waals surface area contributed by atoms with Gasteiger partial charge in [-0.05, 0) is 37.0 Å². The third-order valence-electron chi connectivity index (χ3n) is 4.94. The van der Waals surface area contributed by atoms with Crippen molar-refractivity contribution < 1.29 is 24.2 Å². The first-order valence-corrected chi connectivity index (χ1v) is 8.74. The Hall–Kier alpha value is -2.77. The van der Waals surface area contributed by atoms with E-state index in [1.165, 1.54) is 7.11 Å². The Kier molecular flexibility index (Phi) is 5.29. The van der Waals surface area contributed by atoms with Crippen LogP contribution >= 0.6 is 0 Å². The Bertz CT molecular complexity index is 713. The van der Waals surface area contributed by atoms with Gasteiger partial charge >= 0.3 is 12.0 Å². The van der Waals surface area contributed by atoms with Crippen LogP contribution in [0.25, 0.3) is 0 Å². The minimum absolute atomic E-state index is 0.109. The van der Waals surface area contributed by atoms with E-state index in [4.69, 9.17) is 9.84 Å². The monoisotopic (exact) mass is 361 g/mol. The minimum atomic E-state index is -0.793. The van der Waals surface area contributed by atoms with Crippen molar-refractivity contribution in [2.24, 2.45) is 5.92 Å². The van der Waals surface area contributed by atoms with Crippen LogP contribution in [0.3, 0.4) is 0 Å². The lowest BCUT2D eigenvalue weighted by atomic mass is 9.93. The molecule has 0 aromatic heterocycles. The molecule has 1 aromatic rings. The van der Waals surface area contributed by atoms with Gasteiger partial charge in [0.25, 0.3) is 5.91 Å². The third-order valence-corrected chi connectivity index (χ3v) is 4.94. The molecule has 26 heavy (non-hydrogen) atoms. The molecule has 0 atom stereocenters. The van der Waals surface area contributed by atoms with Gasteiger partial charge in [0.2, 0.25) is 0 Å². The second kappa shape index (κ2) is 7.63. The molecule has 2 fully saturated rings. The lowest BCUT2D eigenvalue weighted by Crippen LogP contribution is -2.39. The van der Waals surface area contributed by atoms with E-state index in [0.29, 0.717) is 56.0 Å². The summed E-state index contributed by atoms with van der Waals surface area (Å²) in [5.74, 6) is -0.240. The number of hydrogen-bond acceptors (Lipinski definition) is 4. The van der Waals surface area contributed by atoms with Crippen molar-refractivity contribution in [3.63, 3.8) is 0 Å². The van der Waals surface area contributed by atoms with E-state index in [0.717, 1.165) is 0 Å². The highest BCUT2D eigenvalue weighted by Gasteiger charge is 2.28. The number of piperidine rings is 1. The number of ether oxygens (including phenoxy) is 1. The zero-order valence-corrected chi connectivity index (χ0v) is 14.7. The van der Waals surface area contributed by atoms with Gasteiger partial charge in [-0.2, -0.15) is 0 Å². The first kappa shape index (κ1) is 18.0. The highest BCUT2D eigenvalue weighted by molar-refractivity contribution is 6.00. The van der Waals surface area contributed by atoms with Crippen molar-refractivity contribution in [3.05, 3.63) is 23.8 Å². The number of urea groups is 1. The predicted molar refractivity (Wildman–Crippen MR) is 94.6 cm³/mol. The molecule has 0 radical (unpaired) electrons. The molecule has 3 rings (SSSR count). The number of likely N-dealkylation sites (tertiary alicyclic amines) is 1. The van der Waals surface area contributed by atoms with E-state index in [-0.39, 0.29) is 24.3 Å².